The number of amides is 2. The predicted molar refractivity (Wildman–Crippen MR) is 106 cm³/mol. The van der Waals surface area contributed by atoms with Gasteiger partial charge in [-0.25, -0.2) is 0 Å². The van der Waals surface area contributed by atoms with E-state index in [1.54, 1.807) is 0 Å². The van der Waals surface area contributed by atoms with Crippen LogP contribution >= 0.6 is 11.6 Å². The molecule has 0 radical (unpaired) electrons. The summed E-state index contributed by atoms with van der Waals surface area (Å²) in [4.78, 5) is 24.8. The van der Waals surface area contributed by atoms with Gasteiger partial charge in [-0.2, -0.15) is 0 Å². The summed E-state index contributed by atoms with van der Waals surface area (Å²) >= 11 is 5.87. The molecule has 2 N–H and O–H groups in total. The molecule has 27 heavy (non-hydrogen) atoms. The number of nitrogens with one attached hydrogen (secondary N) is 2. The molecule has 0 saturated heterocycles. The standard InChI is InChI=1S/C22H29ClN2O2/c23-19-4-1-15(2-5-19)3-6-20(26)24-7-8-25-21(27)22-12-16-9-17(13-22)11-18(10-16)14-22/h1-2,4-5,16-18H,3,6-14H2,(H,24,26)(H,25,27). The maximum atomic E-state index is 12.8. The van der Waals surface area contributed by atoms with Gasteiger partial charge in [0.05, 0.1) is 0 Å². The van der Waals surface area contributed by atoms with Gasteiger partial charge in [-0.05, 0) is 80.4 Å². The zero-order valence-electron chi connectivity index (χ0n) is 15.8. The number of benzene rings is 1. The second-order valence-corrected chi connectivity index (χ2v) is 9.37. The molecule has 146 valence electrons. The van der Waals surface area contributed by atoms with E-state index in [1.165, 1.54) is 19.3 Å². The summed E-state index contributed by atoms with van der Waals surface area (Å²) in [6, 6.07) is 7.58. The molecular formula is C22H29ClN2O2. The van der Waals surface area contributed by atoms with Crippen LogP contribution in [-0.2, 0) is 16.0 Å². The van der Waals surface area contributed by atoms with Crippen molar-refractivity contribution in [2.45, 2.75) is 51.4 Å². The zero-order valence-corrected chi connectivity index (χ0v) is 16.6. The van der Waals surface area contributed by atoms with Crippen molar-refractivity contribution >= 4 is 23.4 Å². The van der Waals surface area contributed by atoms with Gasteiger partial charge in [0, 0.05) is 29.9 Å². The van der Waals surface area contributed by atoms with E-state index in [4.69, 9.17) is 11.6 Å². The Morgan fingerprint density at radius 3 is 2.07 bits per heavy atom. The van der Waals surface area contributed by atoms with E-state index in [1.807, 2.05) is 24.3 Å². The van der Waals surface area contributed by atoms with Crippen molar-refractivity contribution in [3.8, 4) is 0 Å². The minimum absolute atomic E-state index is 0.0222. The predicted octanol–water partition coefficient (Wildman–Crippen LogP) is 3.72. The number of hydrogen-bond donors (Lipinski definition) is 2. The van der Waals surface area contributed by atoms with Gasteiger partial charge in [-0.3, -0.25) is 9.59 Å². The Labute approximate surface area is 166 Å². The number of hydrogen-bond acceptors (Lipinski definition) is 2. The fourth-order valence-electron chi connectivity index (χ4n) is 5.95. The van der Waals surface area contributed by atoms with Gasteiger partial charge in [-0.1, -0.05) is 23.7 Å². The molecule has 4 aliphatic rings. The van der Waals surface area contributed by atoms with Gasteiger partial charge >= 0.3 is 0 Å². The molecule has 0 heterocycles. The molecule has 1 aromatic carbocycles. The van der Waals surface area contributed by atoms with Crippen LogP contribution in [0.25, 0.3) is 0 Å². The van der Waals surface area contributed by atoms with Crippen LogP contribution < -0.4 is 10.6 Å². The Balaban J connectivity index is 1.16. The van der Waals surface area contributed by atoms with Crippen molar-refractivity contribution < 1.29 is 9.59 Å². The Hall–Kier alpha value is -1.55. The van der Waals surface area contributed by atoms with E-state index < -0.39 is 0 Å². The van der Waals surface area contributed by atoms with Crippen molar-refractivity contribution in [3.05, 3.63) is 34.9 Å². The van der Waals surface area contributed by atoms with E-state index in [0.717, 1.165) is 42.6 Å². The minimum atomic E-state index is -0.104. The van der Waals surface area contributed by atoms with Crippen LogP contribution in [0.5, 0.6) is 0 Å². The fourth-order valence-corrected chi connectivity index (χ4v) is 6.08. The number of rotatable bonds is 7. The van der Waals surface area contributed by atoms with Crippen LogP contribution in [0.15, 0.2) is 24.3 Å². The summed E-state index contributed by atoms with van der Waals surface area (Å²) in [6.07, 6.45) is 8.42. The average molecular weight is 389 g/mol. The third kappa shape index (κ3) is 4.31. The van der Waals surface area contributed by atoms with Crippen LogP contribution in [-0.4, -0.2) is 24.9 Å². The van der Waals surface area contributed by atoms with E-state index in [2.05, 4.69) is 10.6 Å². The SMILES string of the molecule is O=C(CCc1ccc(Cl)cc1)NCCNC(=O)C12CC3CC(CC(C3)C1)C2. The highest BCUT2D eigenvalue weighted by Crippen LogP contribution is 2.60. The molecule has 2 amide bonds. The summed E-state index contributed by atoms with van der Waals surface area (Å²) in [5, 5.41) is 6.73. The summed E-state index contributed by atoms with van der Waals surface area (Å²) in [5.41, 5.74) is 0.998. The lowest BCUT2D eigenvalue weighted by Gasteiger charge is -2.55. The second-order valence-electron chi connectivity index (χ2n) is 8.93. The van der Waals surface area contributed by atoms with Crippen molar-refractivity contribution in [3.63, 3.8) is 0 Å². The molecule has 0 atom stereocenters. The molecule has 4 bridgehead atoms. The smallest absolute Gasteiger partial charge is 0.226 e. The summed E-state index contributed by atoms with van der Waals surface area (Å²) in [7, 11) is 0. The molecule has 0 aromatic heterocycles. The number of halogens is 1. The van der Waals surface area contributed by atoms with Gasteiger partial charge in [0.25, 0.3) is 0 Å². The fraction of sp³-hybridized carbons (Fsp3) is 0.636. The van der Waals surface area contributed by atoms with Gasteiger partial charge < -0.3 is 10.6 Å². The molecule has 5 heteroatoms. The Morgan fingerprint density at radius 2 is 1.48 bits per heavy atom. The highest BCUT2D eigenvalue weighted by molar-refractivity contribution is 6.30. The average Bonchev–Trinajstić information content (AvgIpc) is 2.63. The second kappa shape index (κ2) is 7.83. The van der Waals surface area contributed by atoms with E-state index in [-0.39, 0.29) is 17.2 Å². The van der Waals surface area contributed by atoms with Gasteiger partial charge in [0.15, 0.2) is 0 Å². The molecule has 0 spiro atoms. The molecule has 4 aliphatic carbocycles. The Kier molecular flexibility index (Phi) is 5.45. The first-order valence-electron chi connectivity index (χ1n) is 10.3. The Bertz CT molecular complexity index is 665. The summed E-state index contributed by atoms with van der Waals surface area (Å²) < 4.78 is 0. The molecule has 4 nitrogen and oxygen atoms in total. The maximum Gasteiger partial charge on any atom is 0.226 e. The van der Waals surface area contributed by atoms with E-state index >= 15 is 0 Å². The quantitative estimate of drug-likeness (QED) is 0.699. The van der Waals surface area contributed by atoms with Crippen molar-refractivity contribution in [2.75, 3.05) is 13.1 Å². The van der Waals surface area contributed by atoms with Gasteiger partial charge in [0.2, 0.25) is 11.8 Å². The lowest BCUT2D eigenvalue weighted by Crippen LogP contribution is -2.54. The lowest BCUT2D eigenvalue weighted by molar-refractivity contribution is -0.146. The number of aryl methyl sites for hydroxylation is 1. The van der Waals surface area contributed by atoms with Crippen molar-refractivity contribution in [2.24, 2.45) is 23.2 Å². The van der Waals surface area contributed by atoms with Crippen molar-refractivity contribution in [1.82, 2.24) is 10.6 Å². The number of carbonyl (C=O) groups is 2. The lowest BCUT2D eigenvalue weighted by atomic mass is 9.49. The maximum absolute atomic E-state index is 12.8. The number of carbonyl (C=O) groups excluding carboxylic acids is 2. The summed E-state index contributed by atoms with van der Waals surface area (Å²) in [5.74, 6) is 2.57. The molecule has 4 saturated carbocycles. The molecule has 0 unspecified atom stereocenters. The Morgan fingerprint density at radius 1 is 0.926 bits per heavy atom. The summed E-state index contributed by atoms with van der Waals surface area (Å²) in [6.45, 7) is 1.02. The molecule has 5 rings (SSSR count). The normalized spacial score (nSPS) is 30.9. The van der Waals surface area contributed by atoms with Crippen LogP contribution in [0.1, 0.15) is 50.5 Å². The van der Waals surface area contributed by atoms with Crippen LogP contribution in [0.3, 0.4) is 0 Å². The third-order valence-electron chi connectivity index (χ3n) is 6.81. The molecule has 1 aromatic rings. The zero-order chi connectivity index (χ0) is 18.9. The van der Waals surface area contributed by atoms with E-state index in [0.29, 0.717) is 31.0 Å². The van der Waals surface area contributed by atoms with Crippen LogP contribution in [0.4, 0.5) is 0 Å². The van der Waals surface area contributed by atoms with Gasteiger partial charge in [-0.15, -0.1) is 0 Å². The van der Waals surface area contributed by atoms with Crippen LogP contribution in [0, 0.1) is 23.2 Å². The largest absolute Gasteiger partial charge is 0.354 e. The molecule has 0 aliphatic heterocycles. The van der Waals surface area contributed by atoms with Crippen LogP contribution in [0.2, 0.25) is 5.02 Å². The molecule has 4 fully saturated rings. The highest BCUT2D eigenvalue weighted by atomic mass is 35.5. The first-order chi connectivity index (χ1) is 13.0. The first kappa shape index (κ1) is 18.8. The van der Waals surface area contributed by atoms with E-state index in [9.17, 15) is 9.59 Å². The first-order valence-corrected chi connectivity index (χ1v) is 10.7. The minimum Gasteiger partial charge on any atom is -0.354 e. The molecular weight excluding hydrogens is 360 g/mol. The highest BCUT2D eigenvalue weighted by Gasteiger charge is 2.54. The monoisotopic (exact) mass is 388 g/mol. The van der Waals surface area contributed by atoms with Gasteiger partial charge in [0.1, 0.15) is 0 Å². The topological polar surface area (TPSA) is 58.2 Å². The van der Waals surface area contributed by atoms with Crippen molar-refractivity contribution in [1.29, 1.82) is 0 Å². The third-order valence-corrected chi connectivity index (χ3v) is 7.06.